The number of hydrogen-bond acceptors (Lipinski definition) is 3. The Morgan fingerprint density at radius 3 is 2.19 bits per heavy atom. The first kappa shape index (κ1) is 17.0. The molecule has 0 aromatic heterocycles. The standard InChI is InChI=1S/C16H25N3O2/c1-5-12(4)19-15(20)10-17-14-8-6-13(7-9-14)16(21)18-11(2)3/h6-9,11-12,17H,5,10H2,1-4H3,(H,18,21)(H,19,20). The van der Waals surface area contributed by atoms with Crippen LogP contribution < -0.4 is 16.0 Å². The van der Waals surface area contributed by atoms with Crippen molar-refractivity contribution in [1.82, 2.24) is 10.6 Å². The van der Waals surface area contributed by atoms with Gasteiger partial charge in [0.05, 0.1) is 6.54 Å². The number of benzene rings is 1. The van der Waals surface area contributed by atoms with Crippen LogP contribution in [0.15, 0.2) is 24.3 Å². The Morgan fingerprint density at radius 2 is 1.67 bits per heavy atom. The van der Waals surface area contributed by atoms with Gasteiger partial charge in [0.25, 0.3) is 5.91 Å². The number of hydrogen-bond donors (Lipinski definition) is 3. The summed E-state index contributed by atoms with van der Waals surface area (Å²) in [6.07, 6.45) is 0.908. The molecule has 1 aromatic rings. The minimum atomic E-state index is -0.0916. The predicted molar refractivity (Wildman–Crippen MR) is 85.4 cm³/mol. The minimum Gasteiger partial charge on any atom is -0.376 e. The molecule has 21 heavy (non-hydrogen) atoms. The van der Waals surface area contributed by atoms with Crippen LogP contribution in [0, 0.1) is 0 Å². The first-order valence-electron chi connectivity index (χ1n) is 7.36. The van der Waals surface area contributed by atoms with Crippen LogP contribution in [0.2, 0.25) is 0 Å². The number of anilines is 1. The van der Waals surface area contributed by atoms with E-state index in [1.807, 2.05) is 27.7 Å². The zero-order valence-electron chi connectivity index (χ0n) is 13.2. The van der Waals surface area contributed by atoms with Gasteiger partial charge in [-0.05, 0) is 51.5 Å². The van der Waals surface area contributed by atoms with Crippen LogP contribution in [0.5, 0.6) is 0 Å². The van der Waals surface area contributed by atoms with Crippen LogP contribution in [0.3, 0.4) is 0 Å². The zero-order valence-corrected chi connectivity index (χ0v) is 13.2. The minimum absolute atomic E-state index is 0.0361. The third-order valence-corrected chi connectivity index (χ3v) is 3.04. The Labute approximate surface area is 126 Å². The fourth-order valence-electron chi connectivity index (χ4n) is 1.70. The van der Waals surface area contributed by atoms with Crippen LogP contribution in [-0.2, 0) is 4.79 Å². The Morgan fingerprint density at radius 1 is 1.05 bits per heavy atom. The van der Waals surface area contributed by atoms with Gasteiger partial charge in [-0.25, -0.2) is 0 Å². The van der Waals surface area contributed by atoms with E-state index >= 15 is 0 Å². The van der Waals surface area contributed by atoms with Crippen LogP contribution >= 0.6 is 0 Å². The quantitative estimate of drug-likeness (QED) is 0.721. The maximum Gasteiger partial charge on any atom is 0.251 e. The molecule has 0 spiro atoms. The molecule has 1 unspecified atom stereocenters. The van der Waals surface area contributed by atoms with Gasteiger partial charge in [-0.15, -0.1) is 0 Å². The summed E-state index contributed by atoms with van der Waals surface area (Å²) in [7, 11) is 0. The van der Waals surface area contributed by atoms with E-state index in [1.54, 1.807) is 24.3 Å². The van der Waals surface area contributed by atoms with Gasteiger partial charge in [-0.1, -0.05) is 6.92 Å². The van der Waals surface area contributed by atoms with Crippen molar-refractivity contribution >= 4 is 17.5 Å². The molecule has 116 valence electrons. The van der Waals surface area contributed by atoms with Gasteiger partial charge in [0.2, 0.25) is 5.91 Å². The van der Waals surface area contributed by atoms with Crippen molar-refractivity contribution < 1.29 is 9.59 Å². The Balaban J connectivity index is 2.48. The first-order chi connectivity index (χ1) is 9.92. The van der Waals surface area contributed by atoms with E-state index in [9.17, 15) is 9.59 Å². The van der Waals surface area contributed by atoms with E-state index in [0.717, 1.165) is 12.1 Å². The SMILES string of the molecule is CCC(C)NC(=O)CNc1ccc(C(=O)NC(C)C)cc1. The normalized spacial score (nSPS) is 11.9. The monoisotopic (exact) mass is 291 g/mol. The van der Waals surface area contributed by atoms with E-state index in [0.29, 0.717) is 5.56 Å². The fraction of sp³-hybridized carbons (Fsp3) is 0.500. The largest absolute Gasteiger partial charge is 0.376 e. The Bertz CT molecular complexity index is 469. The third-order valence-electron chi connectivity index (χ3n) is 3.04. The summed E-state index contributed by atoms with van der Waals surface area (Å²) < 4.78 is 0. The number of carbonyl (C=O) groups excluding carboxylic acids is 2. The van der Waals surface area contributed by atoms with Crippen molar-refractivity contribution in [2.45, 2.75) is 46.2 Å². The number of rotatable bonds is 7. The second-order valence-electron chi connectivity index (χ2n) is 5.44. The lowest BCUT2D eigenvalue weighted by molar-refractivity contribution is -0.120. The summed E-state index contributed by atoms with van der Waals surface area (Å²) >= 11 is 0. The van der Waals surface area contributed by atoms with Gasteiger partial charge >= 0.3 is 0 Å². The van der Waals surface area contributed by atoms with Gasteiger partial charge in [0, 0.05) is 23.3 Å². The van der Waals surface area contributed by atoms with E-state index in [2.05, 4.69) is 16.0 Å². The van der Waals surface area contributed by atoms with Crippen molar-refractivity contribution in [3.05, 3.63) is 29.8 Å². The average Bonchev–Trinajstić information content (AvgIpc) is 2.44. The molecule has 0 radical (unpaired) electrons. The van der Waals surface area contributed by atoms with Crippen molar-refractivity contribution in [3.63, 3.8) is 0 Å². The highest BCUT2D eigenvalue weighted by atomic mass is 16.2. The van der Waals surface area contributed by atoms with E-state index < -0.39 is 0 Å². The fourth-order valence-corrected chi connectivity index (χ4v) is 1.70. The maximum atomic E-state index is 11.8. The van der Waals surface area contributed by atoms with Crippen molar-refractivity contribution in [2.75, 3.05) is 11.9 Å². The van der Waals surface area contributed by atoms with Gasteiger partial charge < -0.3 is 16.0 Å². The highest BCUT2D eigenvalue weighted by molar-refractivity contribution is 5.94. The zero-order chi connectivity index (χ0) is 15.8. The molecule has 0 fully saturated rings. The van der Waals surface area contributed by atoms with E-state index in [4.69, 9.17) is 0 Å². The van der Waals surface area contributed by atoms with Crippen LogP contribution in [0.25, 0.3) is 0 Å². The highest BCUT2D eigenvalue weighted by Crippen LogP contribution is 2.09. The van der Waals surface area contributed by atoms with Gasteiger partial charge in [0.15, 0.2) is 0 Å². The van der Waals surface area contributed by atoms with Crippen LogP contribution in [-0.4, -0.2) is 30.4 Å². The van der Waals surface area contributed by atoms with Crippen molar-refractivity contribution in [2.24, 2.45) is 0 Å². The molecule has 5 heteroatoms. The lowest BCUT2D eigenvalue weighted by Gasteiger charge is -2.13. The summed E-state index contributed by atoms with van der Waals surface area (Å²) in [4.78, 5) is 23.4. The molecular weight excluding hydrogens is 266 g/mol. The molecule has 0 saturated carbocycles. The topological polar surface area (TPSA) is 70.2 Å². The summed E-state index contributed by atoms with van der Waals surface area (Å²) in [6.45, 7) is 8.06. The van der Waals surface area contributed by atoms with Gasteiger partial charge in [0.1, 0.15) is 0 Å². The molecule has 1 atom stereocenters. The average molecular weight is 291 g/mol. The summed E-state index contributed by atoms with van der Waals surface area (Å²) in [6, 6.07) is 7.37. The third kappa shape index (κ3) is 6.29. The molecule has 3 N–H and O–H groups in total. The highest BCUT2D eigenvalue weighted by Gasteiger charge is 2.07. The first-order valence-corrected chi connectivity index (χ1v) is 7.36. The van der Waals surface area contributed by atoms with Crippen molar-refractivity contribution in [1.29, 1.82) is 0 Å². The maximum absolute atomic E-state index is 11.8. The van der Waals surface area contributed by atoms with E-state index in [-0.39, 0.29) is 30.4 Å². The molecule has 0 aliphatic rings. The number of carbonyl (C=O) groups is 2. The Hall–Kier alpha value is -2.04. The molecular formula is C16H25N3O2. The number of amides is 2. The molecule has 0 saturated heterocycles. The number of nitrogens with one attached hydrogen (secondary N) is 3. The van der Waals surface area contributed by atoms with Crippen LogP contribution in [0.1, 0.15) is 44.5 Å². The molecule has 0 heterocycles. The molecule has 5 nitrogen and oxygen atoms in total. The lowest BCUT2D eigenvalue weighted by atomic mass is 10.2. The van der Waals surface area contributed by atoms with Gasteiger partial charge in [-0.2, -0.15) is 0 Å². The molecule has 0 bridgehead atoms. The lowest BCUT2D eigenvalue weighted by Crippen LogP contribution is -2.36. The molecule has 2 amide bonds. The summed E-state index contributed by atoms with van der Waals surface area (Å²) in [5, 5.41) is 8.76. The second-order valence-corrected chi connectivity index (χ2v) is 5.44. The Kier molecular flexibility index (Phi) is 6.72. The van der Waals surface area contributed by atoms with Gasteiger partial charge in [-0.3, -0.25) is 9.59 Å². The predicted octanol–water partition coefficient (Wildman–Crippen LogP) is 2.15. The molecule has 0 aliphatic carbocycles. The van der Waals surface area contributed by atoms with Crippen LogP contribution in [0.4, 0.5) is 5.69 Å². The smallest absolute Gasteiger partial charge is 0.251 e. The second kappa shape index (κ2) is 8.29. The molecule has 0 aliphatic heterocycles. The molecule has 1 rings (SSSR count). The summed E-state index contributed by atoms with van der Waals surface area (Å²) in [5.74, 6) is -0.128. The van der Waals surface area contributed by atoms with E-state index in [1.165, 1.54) is 0 Å². The van der Waals surface area contributed by atoms with Crippen molar-refractivity contribution in [3.8, 4) is 0 Å². The summed E-state index contributed by atoms with van der Waals surface area (Å²) in [5.41, 5.74) is 1.42. The molecule has 1 aromatic carbocycles.